The molecule has 0 fully saturated rings. The van der Waals surface area contributed by atoms with Crippen LogP contribution in [0.15, 0.2) is 46.9 Å². The maximum Gasteiger partial charge on any atom is 1.00 e. The van der Waals surface area contributed by atoms with Crippen molar-refractivity contribution in [1.82, 2.24) is 14.5 Å². The predicted octanol–water partition coefficient (Wildman–Crippen LogP) is 0.916. The van der Waals surface area contributed by atoms with E-state index in [1.807, 2.05) is 16.7 Å². The van der Waals surface area contributed by atoms with Gasteiger partial charge in [-0.05, 0) is 30.2 Å². The van der Waals surface area contributed by atoms with Gasteiger partial charge in [0, 0.05) is 24.1 Å². The second-order valence-corrected chi connectivity index (χ2v) is 7.52. The number of aromatic nitrogens is 3. The summed E-state index contributed by atoms with van der Waals surface area (Å²) in [6.07, 6.45) is 3.38. The molecule has 0 radical (unpaired) electrons. The van der Waals surface area contributed by atoms with E-state index in [-0.39, 0.29) is 68.0 Å². The molecule has 9 heteroatoms. The van der Waals surface area contributed by atoms with Crippen LogP contribution in [0.2, 0.25) is 5.15 Å². The minimum atomic E-state index is -1.29. The van der Waals surface area contributed by atoms with Gasteiger partial charge < -0.3 is 18.9 Å². The monoisotopic (exact) mass is 475 g/mol. The van der Waals surface area contributed by atoms with Gasteiger partial charge >= 0.3 is 51.4 Å². The number of aromatic carboxylic acids is 1. The molecule has 0 unspecified atom stereocenters. The number of benzene rings is 2. The third kappa shape index (κ3) is 5.06. The molecule has 0 aliphatic rings. The molecule has 32 heavy (non-hydrogen) atoms. The van der Waals surface area contributed by atoms with Crippen LogP contribution in [0.25, 0.3) is 22.6 Å². The van der Waals surface area contributed by atoms with Crippen LogP contribution in [0, 0.1) is 0 Å². The number of halogens is 1. The number of rotatable bonds is 8. The van der Waals surface area contributed by atoms with Gasteiger partial charge in [-0.15, -0.1) is 0 Å². The maximum atomic E-state index is 11.6. The Morgan fingerprint density at radius 2 is 2.00 bits per heavy atom. The SMILES string of the molecule is CCCCc1nc(Cl)c(C=O)n1Cc1ccc2nc(-c3ccccc3C(=O)[O-])oc2c1.[K+]. The summed E-state index contributed by atoms with van der Waals surface area (Å²) in [5.41, 5.74) is 2.68. The number of hydrogen-bond donors (Lipinski definition) is 0. The molecule has 0 saturated heterocycles. The van der Waals surface area contributed by atoms with E-state index < -0.39 is 5.97 Å². The largest absolute Gasteiger partial charge is 1.00 e. The fourth-order valence-corrected chi connectivity index (χ4v) is 3.75. The van der Waals surface area contributed by atoms with Crippen LogP contribution in [0.5, 0.6) is 0 Å². The van der Waals surface area contributed by atoms with Crippen molar-refractivity contribution in [3.8, 4) is 11.5 Å². The molecular weight excluding hydrogens is 457 g/mol. The second kappa shape index (κ2) is 10.9. The van der Waals surface area contributed by atoms with Gasteiger partial charge in [-0.1, -0.05) is 49.2 Å². The number of nitrogens with zero attached hydrogens (tertiary/aromatic N) is 3. The zero-order chi connectivity index (χ0) is 22.0. The van der Waals surface area contributed by atoms with Crippen LogP contribution in [0.4, 0.5) is 0 Å². The molecule has 0 spiro atoms. The van der Waals surface area contributed by atoms with Crippen LogP contribution in [0.1, 0.15) is 52.0 Å². The van der Waals surface area contributed by atoms with E-state index >= 15 is 0 Å². The summed E-state index contributed by atoms with van der Waals surface area (Å²) >= 11 is 6.16. The molecule has 2 aromatic heterocycles. The molecule has 2 aromatic carbocycles. The number of unbranched alkanes of at least 4 members (excludes halogenated alkanes) is 1. The summed E-state index contributed by atoms with van der Waals surface area (Å²) in [4.78, 5) is 31.7. The molecule has 4 rings (SSSR count). The van der Waals surface area contributed by atoms with Gasteiger partial charge in [-0.25, -0.2) is 9.97 Å². The Labute approximate surface area is 232 Å². The fraction of sp³-hybridized carbons (Fsp3) is 0.217. The molecule has 0 aliphatic heterocycles. The molecule has 0 aliphatic carbocycles. The van der Waals surface area contributed by atoms with Crippen molar-refractivity contribution in [1.29, 1.82) is 0 Å². The average Bonchev–Trinajstić information content (AvgIpc) is 3.32. The molecular formula is C23H19ClKN3O4. The molecule has 0 N–H and O–H groups in total. The van der Waals surface area contributed by atoms with Crippen molar-refractivity contribution in [2.45, 2.75) is 32.7 Å². The quantitative estimate of drug-likeness (QED) is 0.277. The van der Waals surface area contributed by atoms with Crippen molar-refractivity contribution in [2.24, 2.45) is 0 Å². The van der Waals surface area contributed by atoms with Gasteiger partial charge in [0.05, 0.1) is 5.97 Å². The summed E-state index contributed by atoms with van der Waals surface area (Å²) in [5.74, 6) is -0.332. The zero-order valence-electron chi connectivity index (χ0n) is 17.8. The number of aryl methyl sites for hydroxylation is 1. The third-order valence-electron chi connectivity index (χ3n) is 5.08. The minimum absolute atomic E-state index is 0. The van der Waals surface area contributed by atoms with Crippen LogP contribution in [0.3, 0.4) is 0 Å². The summed E-state index contributed by atoms with van der Waals surface area (Å²) in [5, 5.41) is 11.6. The number of hydrogen-bond acceptors (Lipinski definition) is 6. The molecule has 4 aromatic rings. The predicted molar refractivity (Wildman–Crippen MR) is 114 cm³/mol. The normalized spacial score (nSPS) is 10.8. The van der Waals surface area contributed by atoms with Gasteiger partial charge in [0.1, 0.15) is 17.0 Å². The first-order valence-electron chi connectivity index (χ1n) is 9.92. The van der Waals surface area contributed by atoms with Gasteiger partial charge in [-0.3, -0.25) is 4.79 Å². The van der Waals surface area contributed by atoms with E-state index in [9.17, 15) is 14.7 Å². The van der Waals surface area contributed by atoms with Crippen molar-refractivity contribution in [2.75, 3.05) is 0 Å². The number of carbonyl (C=O) groups excluding carboxylic acids is 2. The zero-order valence-corrected chi connectivity index (χ0v) is 21.7. The van der Waals surface area contributed by atoms with E-state index in [1.165, 1.54) is 6.07 Å². The van der Waals surface area contributed by atoms with Crippen LogP contribution < -0.4 is 56.5 Å². The molecule has 0 amide bonds. The van der Waals surface area contributed by atoms with E-state index in [0.29, 0.717) is 35.2 Å². The number of fused-ring (bicyclic) bond motifs is 1. The smallest absolute Gasteiger partial charge is 0.545 e. The molecule has 0 bridgehead atoms. The Bertz CT molecular complexity index is 1280. The van der Waals surface area contributed by atoms with E-state index in [4.69, 9.17) is 16.0 Å². The first kappa shape index (κ1) is 24.8. The Morgan fingerprint density at radius 1 is 1.22 bits per heavy atom. The molecule has 158 valence electrons. The summed E-state index contributed by atoms with van der Waals surface area (Å²) in [6, 6.07) is 11.9. The Kier molecular flexibility index (Phi) is 8.43. The second-order valence-electron chi connectivity index (χ2n) is 7.17. The summed E-state index contributed by atoms with van der Waals surface area (Å²) < 4.78 is 7.67. The Hall–Kier alpha value is -1.81. The van der Waals surface area contributed by atoms with Crippen molar-refractivity contribution in [3.63, 3.8) is 0 Å². The Morgan fingerprint density at radius 3 is 2.72 bits per heavy atom. The number of oxazole rings is 1. The van der Waals surface area contributed by atoms with E-state index in [0.717, 1.165) is 30.7 Å². The standard InChI is InChI=1S/C23H20ClN3O4.K/c1-2-3-8-20-26-21(24)18(13-28)27(20)12-14-9-10-17-19(11-14)31-22(25-17)15-6-4-5-7-16(15)23(29)30;/h4-7,9-11,13H,2-3,8,12H2,1H3,(H,29,30);/q;+1/p-1. The fourth-order valence-electron chi connectivity index (χ4n) is 3.51. The third-order valence-corrected chi connectivity index (χ3v) is 5.36. The number of carboxylic acid groups (broad SMARTS) is 1. The number of carbonyl (C=O) groups is 2. The van der Waals surface area contributed by atoms with Gasteiger partial charge in [-0.2, -0.15) is 0 Å². The van der Waals surface area contributed by atoms with Crippen molar-refractivity contribution >= 4 is 35.0 Å². The molecule has 0 saturated carbocycles. The molecule has 7 nitrogen and oxygen atoms in total. The first-order chi connectivity index (χ1) is 15.0. The van der Waals surface area contributed by atoms with Crippen molar-refractivity contribution in [3.05, 3.63) is 70.3 Å². The molecule has 2 heterocycles. The van der Waals surface area contributed by atoms with Crippen LogP contribution >= 0.6 is 11.6 Å². The number of imidazole rings is 1. The average molecular weight is 476 g/mol. The van der Waals surface area contributed by atoms with E-state index in [2.05, 4.69) is 16.9 Å². The number of aldehydes is 1. The summed E-state index contributed by atoms with van der Waals surface area (Å²) in [7, 11) is 0. The summed E-state index contributed by atoms with van der Waals surface area (Å²) in [6.45, 7) is 2.48. The first-order valence-corrected chi connectivity index (χ1v) is 10.3. The van der Waals surface area contributed by atoms with Crippen LogP contribution in [-0.4, -0.2) is 26.8 Å². The number of carboxylic acids is 1. The molecule has 0 atom stereocenters. The topological polar surface area (TPSA) is 101 Å². The van der Waals surface area contributed by atoms with Gasteiger partial charge in [0.15, 0.2) is 17.0 Å². The maximum absolute atomic E-state index is 11.6. The van der Waals surface area contributed by atoms with Crippen molar-refractivity contribution < 1.29 is 70.5 Å². The van der Waals surface area contributed by atoms with Gasteiger partial charge in [0.25, 0.3) is 0 Å². The van der Waals surface area contributed by atoms with Gasteiger partial charge in [0.2, 0.25) is 5.89 Å². The Balaban J connectivity index is 0.00000289. The minimum Gasteiger partial charge on any atom is -0.545 e. The van der Waals surface area contributed by atoms with E-state index in [1.54, 1.807) is 24.3 Å². The van der Waals surface area contributed by atoms with Crippen LogP contribution in [-0.2, 0) is 13.0 Å².